The second-order valence-electron chi connectivity index (χ2n) is 2.52. The zero-order chi connectivity index (χ0) is 12.2. The van der Waals surface area contributed by atoms with Crippen molar-refractivity contribution in [3.8, 4) is 0 Å². The van der Waals surface area contributed by atoms with Gasteiger partial charge in [-0.3, -0.25) is 0 Å². The summed E-state index contributed by atoms with van der Waals surface area (Å²) >= 11 is -9.90. The summed E-state index contributed by atoms with van der Waals surface area (Å²) in [5.41, 5.74) is 0. The summed E-state index contributed by atoms with van der Waals surface area (Å²) in [6, 6.07) is 10.4. The number of hydrogen-bond donors (Lipinski definition) is 0. The average Bonchev–Trinajstić information content (AvgIpc) is 2.00. The summed E-state index contributed by atoms with van der Waals surface area (Å²) in [6.45, 7) is 0. The van der Waals surface area contributed by atoms with Crippen LogP contribution in [0.3, 0.4) is 0 Å². The standard InChI is InChI=1S/C7H8S.6FH.Sb/c1-8-7-5-3-2-4-6-7;;;;;;;/h2-6H,1H3;6*1H;/q;;;;;;;+5/p-5. The van der Waals surface area contributed by atoms with Gasteiger partial charge in [-0.2, -0.15) is 0 Å². The normalized spacial score (nSPS) is 15.7. The molecule has 0 heterocycles. The Kier molecular flexibility index (Phi) is 4.08. The first kappa shape index (κ1) is 15.0. The summed E-state index contributed by atoms with van der Waals surface area (Å²) in [7, 11) is 0. The van der Waals surface area contributed by atoms with Crippen LogP contribution in [0.15, 0.2) is 35.2 Å². The van der Waals surface area contributed by atoms with Crippen LogP contribution in [0, 0.1) is 0 Å². The summed E-state index contributed by atoms with van der Waals surface area (Å²) in [5, 5.41) is 0. The Bertz CT molecular complexity index is 292. The van der Waals surface area contributed by atoms with Crippen LogP contribution in [0.1, 0.15) is 0 Å². The van der Waals surface area contributed by atoms with Gasteiger partial charge >= 0.3 is 36.4 Å². The van der Waals surface area contributed by atoms with Crippen molar-refractivity contribution in [1.29, 1.82) is 0 Å². The van der Waals surface area contributed by atoms with Crippen molar-refractivity contribution in [2.75, 3.05) is 6.26 Å². The van der Waals surface area contributed by atoms with Gasteiger partial charge in [0, 0.05) is 11.8 Å². The summed E-state index contributed by atoms with van der Waals surface area (Å²) in [4.78, 5) is 1.38. The molecule has 0 amide bonds. The monoisotopic (exact) mass is 360 g/mol. The minimum absolute atomic E-state index is 1.35. The molecule has 0 aromatic heterocycles. The second-order valence-corrected chi connectivity index (χ2v) is 8.95. The number of benzene rings is 1. The molecule has 90 valence electrons. The molecule has 0 aliphatic rings. The van der Waals surface area contributed by atoms with E-state index in [9.17, 15) is 16.9 Å². The van der Waals surface area contributed by atoms with Crippen LogP contribution in [0.25, 0.3) is 0 Å². The molecule has 0 N–H and O–H groups in total. The predicted molar refractivity (Wildman–Crippen MR) is 51.8 cm³/mol. The third-order valence-electron chi connectivity index (χ3n) is 1.01. The van der Waals surface area contributed by atoms with Crippen LogP contribution in [0.5, 0.6) is 0 Å². The summed E-state index contributed by atoms with van der Waals surface area (Å²) < 4.78 is 59.6. The van der Waals surface area contributed by atoms with Gasteiger partial charge in [0.05, 0.1) is 0 Å². The van der Waals surface area contributed by atoms with Gasteiger partial charge in [-0.1, -0.05) is 18.2 Å². The van der Waals surface area contributed by atoms with Gasteiger partial charge in [-0.05, 0) is 12.1 Å². The molecule has 0 aliphatic heterocycles. The van der Waals surface area contributed by atoms with Crippen LogP contribution < -0.4 is 0 Å². The predicted octanol–water partition coefficient (Wildman–Crippen LogP) is 3.63. The molecule has 8 heteroatoms. The Morgan fingerprint density at radius 3 is 1.40 bits per heavy atom. The van der Waals surface area contributed by atoms with Crippen LogP contribution in [-0.4, -0.2) is 25.7 Å². The molecule has 0 spiro atoms. The molecular formula is C7H9F6SSb. The van der Waals surface area contributed by atoms with Crippen molar-refractivity contribution in [1.82, 2.24) is 0 Å². The maximum atomic E-state index is 9.93. The summed E-state index contributed by atoms with van der Waals surface area (Å²) in [5.74, 6) is 0. The quantitative estimate of drug-likeness (QED) is 0.310. The first-order valence-corrected chi connectivity index (χ1v) is 10.7. The number of thiol groups is 1. The number of hydrogen-bond acceptors (Lipinski definition) is 0. The molecule has 0 unspecified atom stereocenters. The molecule has 0 bridgehead atoms. The number of rotatable bonds is 1. The van der Waals surface area contributed by atoms with E-state index in [0.717, 1.165) is 0 Å². The van der Waals surface area contributed by atoms with Crippen molar-refractivity contribution in [2.24, 2.45) is 0 Å². The Morgan fingerprint density at radius 2 is 1.20 bits per heavy atom. The number of halogens is 6. The van der Waals surface area contributed by atoms with E-state index in [1.807, 2.05) is 6.07 Å². The molecule has 1 rings (SSSR count). The van der Waals surface area contributed by atoms with Crippen molar-refractivity contribution < 1.29 is 16.9 Å². The molecule has 0 aliphatic carbocycles. The molecule has 0 saturated heterocycles. The van der Waals surface area contributed by atoms with E-state index >= 15 is 0 Å². The molecular weight excluding hydrogens is 352 g/mol. The zero-order valence-corrected chi connectivity index (χ0v) is 11.0. The Morgan fingerprint density at radius 1 is 0.867 bits per heavy atom. The van der Waals surface area contributed by atoms with Crippen molar-refractivity contribution in [3.63, 3.8) is 0 Å². The van der Waals surface area contributed by atoms with E-state index in [4.69, 9.17) is 0 Å². The summed E-state index contributed by atoms with van der Waals surface area (Å²) in [6.07, 6.45) is 2.13. The molecule has 1 aromatic rings. The van der Waals surface area contributed by atoms with Crippen molar-refractivity contribution >= 4 is 31.2 Å². The van der Waals surface area contributed by atoms with Gasteiger partial charge in [-0.25, -0.2) is 0 Å². The Labute approximate surface area is 89.6 Å². The van der Waals surface area contributed by atoms with Gasteiger partial charge in [0.25, 0.3) is 0 Å². The first-order chi connectivity index (χ1) is 6.38. The van der Waals surface area contributed by atoms with Gasteiger partial charge in [-0.15, -0.1) is 0 Å². The van der Waals surface area contributed by atoms with E-state index in [1.54, 1.807) is 0 Å². The Balaban J connectivity index is 0.000000265. The minimum atomic E-state index is -11.2. The van der Waals surface area contributed by atoms with E-state index in [-0.39, 0.29) is 0 Å². The third-order valence-corrected chi connectivity index (χ3v) is 1.83. The van der Waals surface area contributed by atoms with Crippen molar-refractivity contribution in [3.05, 3.63) is 30.3 Å². The van der Waals surface area contributed by atoms with Gasteiger partial charge in [0.2, 0.25) is 0 Å². The second kappa shape index (κ2) is 4.09. The zero-order valence-electron chi connectivity index (χ0n) is 7.55. The van der Waals surface area contributed by atoms with E-state index in [0.29, 0.717) is 0 Å². The Hall–Kier alpha value is -0.0318. The molecule has 0 saturated carbocycles. The molecule has 0 atom stereocenters. The van der Waals surface area contributed by atoms with E-state index < -0.39 is 19.5 Å². The molecule has 0 radical (unpaired) electrons. The van der Waals surface area contributed by atoms with Crippen LogP contribution in [0.2, 0.25) is 0 Å². The molecule has 15 heavy (non-hydrogen) atoms. The molecule has 0 nitrogen and oxygen atoms in total. The first-order valence-electron chi connectivity index (χ1n) is 3.60. The fourth-order valence-corrected chi connectivity index (χ4v) is 1.05. The van der Waals surface area contributed by atoms with Gasteiger partial charge in [0.15, 0.2) is 4.90 Å². The van der Waals surface area contributed by atoms with E-state index in [1.165, 1.54) is 16.7 Å². The van der Waals surface area contributed by atoms with Gasteiger partial charge in [0.1, 0.15) is 6.26 Å². The fourth-order valence-electron chi connectivity index (χ4n) is 0.577. The fraction of sp³-hybridized carbons (Fsp3) is 0.143. The van der Waals surface area contributed by atoms with Crippen LogP contribution in [0.4, 0.5) is 16.9 Å². The average molecular weight is 361 g/mol. The molecule has 1 aromatic carbocycles. The third kappa shape index (κ3) is 20.1. The SMILES string of the molecule is C[SH+]c1ccccc1.[F][Sb-]([F])([F])([F])([F])[F]. The maximum absolute atomic E-state index is 11.2. The topological polar surface area (TPSA) is 0 Å². The van der Waals surface area contributed by atoms with E-state index in [2.05, 4.69) is 30.5 Å². The van der Waals surface area contributed by atoms with Crippen LogP contribution >= 0.6 is 0 Å². The van der Waals surface area contributed by atoms with Crippen molar-refractivity contribution in [2.45, 2.75) is 4.90 Å². The van der Waals surface area contributed by atoms with Crippen LogP contribution in [-0.2, 0) is 11.8 Å². The molecule has 0 fully saturated rings. The van der Waals surface area contributed by atoms with Gasteiger partial charge < -0.3 is 0 Å².